The Hall–Kier alpha value is -3.70. The third kappa shape index (κ3) is 8.06. The molecule has 2 N–H and O–H groups in total. The van der Waals surface area contributed by atoms with Crippen molar-refractivity contribution in [3.8, 4) is 0 Å². The molecule has 10 nitrogen and oxygen atoms in total. The fraction of sp³-hybridized carbons (Fsp3) is 0.485. The van der Waals surface area contributed by atoms with E-state index in [2.05, 4.69) is 10.0 Å². The monoisotopic (exact) mass is 625 g/mol. The van der Waals surface area contributed by atoms with E-state index >= 15 is 0 Å². The number of carbonyl (C=O) groups excluding carboxylic acids is 5. The summed E-state index contributed by atoms with van der Waals surface area (Å²) in [4.78, 5) is 67.6. The van der Waals surface area contributed by atoms with Crippen molar-refractivity contribution in [3.05, 3.63) is 65.2 Å². The zero-order valence-electron chi connectivity index (χ0n) is 26.5. The van der Waals surface area contributed by atoms with Crippen molar-refractivity contribution in [1.29, 1.82) is 0 Å². The molecular formula is C33H43N3O7S. The fourth-order valence-corrected chi connectivity index (χ4v) is 6.16. The number of fused-ring (bicyclic) bond motifs is 1. The first-order valence-electron chi connectivity index (χ1n) is 14.8. The average Bonchev–Trinajstić information content (AvgIpc) is 3.28. The standard InChI is InChI=1S/C33H43N3O7S/c1-20(2)26(29(39)27(37)17-14-22-12-15-24(16-13-22)44(42,43)34-7)18-28(38)21(3)35-31(40)30(33(4,5)6)36-19-23-10-8-9-11-25(23)32(36)41/h8-13,15-16,20-21,26,30,34H,14,17-19H2,1-7H3,(H,35,40)/t21-,26-,30+/m0/s1. The molecule has 1 aliphatic heterocycles. The minimum absolute atomic E-state index is 0.0832. The number of rotatable bonds is 14. The first-order valence-corrected chi connectivity index (χ1v) is 16.3. The number of ketones is 3. The Labute approximate surface area is 260 Å². The van der Waals surface area contributed by atoms with E-state index in [-0.39, 0.29) is 48.3 Å². The third-order valence-corrected chi connectivity index (χ3v) is 9.48. The van der Waals surface area contributed by atoms with Crippen molar-refractivity contribution >= 4 is 39.2 Å². The first-order chi connectivity index (χ1) is 20.5. The van der Waals surface area contributed by atoms with Gasteiger partial charge in [0.2, 0.25) is 21.7 Å². The van der Waals surface area contributed by atoms with Crippen LogP contribution in [0.3, 0.4) is 0 Å². The lowest BCUT2D eigenvalue weighted by molar-refractivity contribution is -0.141. The maximum atomic E-state index is 13.5. The van der Waals surface area contributed by atoms with Gasteiger partial charge in [-0.05, 0) is 61.1 Å². The highest BCUT2D eigenvalue weighted by Crippen LogP contribution is 2.32. The topological polar surface area (TPSA) is 147 Å². The maximum absolute atomic E-state index is 13.5. The molecule has 0 spiro atoms. The van der Waals surface area contributed by atoms with Crippen molar-refractivity contribution < 1.29 is 32.4 Å². The molecule has 44 heavy (non-hydrogen) atoms. The van der Waals surface area contributed by atoms with Gasteiger partial charge in [-0.15, -0.1) is 0 Å². The highest BCUT2D eigenvalue weighted by molar-refractivity contribution is 7.89. The van der Waals surface area contributed by atoms with Crippen molar-refractivity contribution in [1.82, 2.24) is 14.9 Å². The van der Waals surface area contributed by atoms with Crippen LogP contribution >= 0.6 is 0 Å². The van der Waals surface area contributed by atoms with Gasteiger partial charge in [-0.1, -0.05) is 65.0 Å². The predicted molar refractivity (Wildman–Crippen MR) is 166 cm³/mol. The molecule has 3 rings (SSSR count). The highest BCUT2D eigenvalue weighted by atomic mass is 32.2. The van der Waals surface area contributed by atoms with Crippen molar-refractivity contribution in [2.45, 2.75) is 84.3 Å². The molecule has 0 bridgehead atoms. The van der Waals surface area contributed by atoms with Crippen LogP contribution < -0.4 is 10.0 Å². The van der Waals surface area contributed by atoms with E-state index in [9.17, 15) is 32.4 Å². The van der Waals surface area contributed by atoms with Crippen LogP contribution in [0.15, 0.2) is 53.4 Å². The average molecular weight is 626 g/mol. The van der Waals surface area contributed by atoms with Crippen LogP contribution in [0.2, 0.25) is 0 Å². The number of Topliss-reactive ketones (excluding diaryl/α,β-unsaturated/α-hetero) is 3. The van der Waals surface area contributed by atoms with Crippen molar-refractivity contribution in [2.75, 3.05) is 7.05 Å². The summed E-state index contributed by atoms with van der Waals surface area (Å²) in [5, 5.41) is 2.76. The van der Waals surface area contributed by atoms with Gasteiger partial charge in [-0.2, -0.15) is 0 Å². The lowest BCUT2D eigenvalue weighted by Gasteiger charge is -2.37. The molecule has 0 saturated heterocycles. The van der Waals surface area contributed by atoms with Crippen LogP contribution in [0.5, 0.6) is 0 Å². The summed E-state index contributed by atoms with van der Waals surface area (Å²) in [5.41, 5.74) is 1.46. The second-order valence-corrected chi connectivity index (χ2v) is 14.6. The van der Waals surface area contributed by atoms with Crippen LogP contribution in [0.25, 0.3) is 0 Å². The van der Waals surface area contributed by atoms with Crippen molar-refractivity contribution in [3.63, 3.8) is 0 Å². The van der Waals surface area contributed by atoms with E-state index in [4.69, 9.17) is 0 Å². The van der Waals surface area contributed by atoms with Crippen LogP contribution in [0.4, 0.5) is 0 Å². The van der Waals surface area contributed by atoms with Gasteiger partial charge in [0.15, 0.2) is 11.6 Å². The van der Waals surface area contributed by atoms with Gasteiger partial charge in [-0.25, -0.2) is 13.1 Å². The van der Waals surface area contributed by atoms with Gasteiger partial charge in [0.1, 0.15) is 6.04 Å². The Morgan fingerprint density at radius 2 is 1.57 bits per heavy atom. The quantitative estimate of drug-likeness (QED) is 0.306. The van der Waals surface area contributed by atoms with Crippen LogP contribution in [-0.4, -0.2) is 61.6 Å². The molecule has 1 aliphatic rings. The largest absolute Gasteiger partial charge is 0.345 e. The Kier molecular flexibility index (Phi) is 11.0. The van der Waals surface area contributed by atoms with E-state index in [0.29, 0.717) is 11.1 Å². The van der Waals surface area contributed by atoms with Gasteiger partial charge in [-0.3, -0.25) is 24.0 Å². The summed E-state index contributed by atoms with van der Waals surface area (Å²) < 4.78 is 26.1. The zero-order valence-corrected chi connectivity index (χ0v) is 27.3. The van der Waals surface area contributed by atoms with Gasteiger partial charge in [0, 0.05) is 30.9 Å². The number of nitrogens with zero attached hydrogens (tertiary/aromatic N) is 1. The molecule has 1 heterocycles. The minimum Gasteiger partial charge on any atom is -0.345 e. The molecule has 0 saturated carbocycles. The first kappa shape index (κ1) is 34.8. The SMILES string of the molecule is CNS(=O)(=O)c1ccc(CCC(=O)C(=O)[C@@H](CC(=O)[C@H](C)NC(=O)[C@@H](N2Cc3ccccc3C2=O)C(C)(C)C)C(C)C)cc1. The lowest BCUT2D eigenvalue weighted by atomic mass is 9.82. The Morgan fingerprint density at radius 3 is 2.11 bits per heavy atom. The maximum Gasteiger partial charge on any atom is 0.255 e. The summed E-state index contributed by atoms with van der Waals surface area (Å²) in [6.07, 6.45) is -0.0579. The van der Waals surface area contributed by atoms with E-state index in [1.807, 2.05) is 32.9 Å². The molecule has 0 unspecified atom stereocenters. The molecule has 3 atom stereocenters. The van der Waals surface area contributed by atoms with E-state index in [1.165, 1.54) is 24.1 Å². The van der Waals surface area contributed by atoms with Crippen LogP contribution in [0, 0.1) is 17.3 Å². The molecule has 2 aromatic rings. The van der Waals surface area contributed by atoms with Crippen LogP contribution in [0.1, 0.15) is 75.9 Å². The Morgan fingerprint density at radius 1 is 0.955 bits per heavy atom. The summed E-state index contributed by atoms with van der Waals surface area (Å²) >= 11 is 0. The fourth-order valence-electron chi connectivity index (χ4n) is 5.43. The number of carbonyl (C=O) groups is 5. The van der Waals surface area contributed by atoms with Gasteiger partial charge >= 0.3 is 0 Å². The zero-order chi connectivity index (χ0) is 33.0. The number of nitrogens with one attached hydrogen (secondary N) is 2. The second kappa shape index (κ2) is 13.9. The number of hydrogen-bond acceptors (Lipinski definition) is 7. The number of amides is 2. The minimum atomic E-state index is -3.58. The summed E-state index contributed by atoms with van der Waals surface area (Å²) in [5.74, 6) is -3.50. The molecule has 0 radical (unpaired) electrons. The molecule has 2 amide bonds. The van der Waals surface area contributed by atoms with E-state index in [1.54, 1.807) is 45.0 Å². The predicted octanol–water partition coefficient (Wildman–Crippen LogP) is 3.47. The second-order valence-electron chi connectivity index (χ2n) is 12.7. The van der Waals surface area contributed by atoms with Gasteiger partial charge < -0.3 is 10.2 Å². The summed E-state index contributed by atoms with van der Waals surface area (Å²) in [6, 6.07) is 11.5. The number of sulfonamides is 1. The molecule has 238 valence electrons. The van der Waals surface area contributed by atoms with E-state index in [0.717, 1.165) is 5.56 Å². The lowest BCUT2D eigenvalue weighted by Crippen LogP contribution is -2.56. The number of hydrogen-bond donors (Lipinski definition) is 2. The van der Waals surface area contributed by atoms with Gasteiger partial charge in [0.05, 0.1) is 10.9 Å². The molecule has 11 heteroatoms. The number of aryl methyl sites for hydroxylation is 1. The Bertz CT molecular complexity index is 1530. The third-order valence-electron chi connectivity index (χ3n) is 8.05. The summed E-state index contributed by atoms with van der Waals surface area (Å²) in [7, 11) is -2.27. The molecule has 0 aliphatic carbocycles. The highest BCUT2D eigenvalue weighted by Gasteiger charge is 2.43. The molecular weight excluding hydrogens is 582 g/mol. The molecule has 0 fully saturated rings. The Balaban J connectivity index is 1.63. The molecule has 2 aromatic carbocycles. The number of benzene rings is 2. The summed E-state index contributed by atoms with van der Waals surface area (Å²) in [6.45, 7) is 10.9. The molecule has 0 aromatic heterocycles. The normalized spacial score (nSPS) is 15.5. The van der Waals surface area contributed by atoms with Crippen LogP contribution in [-0.2, 0) is 42.2 Å². The van der Waals surface area contributed by atoms with Gasteiger partial charge in [0.25, 0.3) is 5.91 Å². The van der Waals surface area contributed by atoms with Crippen molar-refractivity contribution in [2.24, 2.45) is 17.3 Å². The van der Waals surface area contributed by atoms with E-state index < -0.39 is 50.9 Å². The smallest absolute Gasteiger partial charge is 0.255 e.